The number of aliphatic hydroxyl groups excluding tert-OH is 1. The van der Waals surface area contributed by atoms with E-state index in [4.69, 9.17) is 9.47 Å². The van der Waals surface area contributed by atoms with E-state index in [0.29, 0.717) is 25.1 Å². The number of nitrogens with zero attached hydrogens (tertiary/aromatic N) is 1. The van der Waals surface area contributed by atoms with Crippen LogP contribution in [0.25, 0.3) is 0 Å². The lowest BCUT2D eigenvalue weighted by Crippen LogP contribution is -2.75. The molecule has 0 spiro atoms. The molecule has 2 aliphatic rings. The van der Waals surface area contributed by atoms with Crippen LogP contribution in [0.4, 0.5) is 4.79 Å². The van der Waals surface area contributed by atoms with Crippen LogP contribution in [0, 0.1) is 11.3 Å². The number of piperidine rings is 1. The van der Waals surface area contributed by atoms with E-state index in [-0.39, 0.29) is 17.6 Å². The van der Waals surface area contributed by atoms with E-state index >= 15 is 0 Å². The highest BCUT2D eigenvalue weighted by molar-refractivity contribution is 5.69. The van der Waals surface area contributed by atoms with Gasteiger partial charge in [-0.05, 0) is 39.5 Å². The maximum atomic E-state index is 12.6. The molecule has 0 radical (unpaired) electrons. The van der Waals surface area contributed by atoms with Gasteiger partial charge in [-0.1, -0.05) is 13.8 Å². The van der Waals surface area contributed by atoms with E-state index in [2.05, 4.69) is 19.2 Å². The van der Waals surface area contributed by atoms with Gasteiger partial charge in [0.2, 0.25) is 0 Å². The number of amides is 1. The molecule has 140 valence electrons. The number of hydrogen-bond donors (Lipinski definition) is 2. The highest BCUT2D eigenvalue weighted by Crippen LogP contribution is 2.52. The summed E-state index contributed by atoms with van der Waals surface area (Å²) in [5.41, 5.74) is -0.519. The van der Waals surface area contributed by atoms with Crippen LogP contribution in [0.3, 0.4) is 0 Å². The lowest BCUT2D eigenvalue weighted by atomic mass is 9.52. The van der Waals surface area contributed by atoms with Crippen molar-refractivity contribution in [2.45, 2.75) is 71.2 Å². The van der Waals surface area contributed by atoms with Crippen molar-refractivity contribution < 1.29 is 19.4 Å². The number of aliphatic hydroxyl groups is 1. The Morgan fingerprint density at radius 1 is 1.42 bits per heavy atom. The normalized spacial score (nSPS) is 30.3. The molecule has 1 saturated heterocycles. The Hall–Kier alpha value is -0.850. The highest BCUT2D eigenvalue weighted by Gasteiger charge is 2.60. The minimum Gasteiger partial charge on any atom is -0.444 e. The standard InChI is InChI=1S/C18H34N2O4/c1-17(2,3)24-16(22)20-9-7-8-13-14(18(4,5)15(13)20)19-10-12(21)11-23-6/h12-15,19,21H,7-11H2,1-6H3/t12?,13-,14?,15-/m0/s1. The largest absolute Gasteiger partial charge is 0.444 e. The molecule has 24 heavy (non-hydrogen) atoms. The first kappa shape index (κ1) is 19.5. The Balaban J connectivity index is 2.01. The van der Waals surface area contributed by atoms with Gasteiger partial charge in [-0.25, -0.2) is 4.79 Å². The SMILES string of the molecule is COCC(O)CNC1[C@@H]2CCCN(C(=O)OC(C)(C)C)[C@@H]2C1(C)C. The van der Waals surface area contributed by atoms with Gasteiger partial charge >= 0.3 is 6.09 Å². The van der Waals surface area contributed by atoms with Crippen molar-refractivity contribution in [3.8, 4) is 0 Å². The van der Waals surface area contributed by atoms with Crippen molar-refractivity contribution in [1.29, 1.82) is 0 Å². The molecule has 0 bridgehead atoms. The summed E-state index contributed by atoms with van der Waals surface area (Å²) in [7, 11) is 1.59. The number of likely N-dealkylation sites (tertiary alicyclic amines) is 1. The number of carbonyl (C=O) groups excluding carboxylic acids is 1. The number of nitrogens with one attached hydrogen (secondary N) is 1. The summed E-state index contributed by atoms with van der Waals surface area (Å²) in [6.45, 7) is 11.7. The average molecular weight is 342 g/mol. The van der Waals surface area contributed by atoms with Crippen LogP contribution in [-0.4, -0.2) is 66.7 Å². The monoisotopic (exact) mass is 342 g/mol. The second-order valence-corrected chi connectivity index (χ2v) is 8.74. The molecule has 1 aliphatic heterocycles. The van der Waals surface area contributed by atoms with Gasteiger partial charge in [0.25, 0.3) is 0 Å². The molecule has 4 atom stereocenters. The molecule has 2 rings (SSSR count). The Bertz CT molecular complexity index is 447. The fraction of sp³-hybridized carbons (Fsp3) is 0.944. The summed E-state index contributed by atoms with van der Waals surface area (Å²) in [5, 5.41) is 13.4. The van der Waals surface area contributed by atoms with Crippen LogP contribution in [0.5, 0.6) is 0 Å². The third-order valence-corrected chi connectivity index (χ3v) is 5.23. The van der Waals surface area contributed by atoms with Gasteiger partial charge in [0.05, 0.1) is 12.7 Å². The molecule has 6 nitrogen and oxygen atoms in total. The number of hydrogen-bond acceptors (Lipinski definition) is 5. The van der Waals surface area contributed by atoms with Crippen LogP contribution < -0.4 is 5.32 Å². The smallest absolute Gasteiger partial charge is 0.410 e. The zero-order valence-electron chi connectivity index (χ0n) is 16.0. The van der Waals surface area contributed by atoms with Gasteiger partial charge in [0.15, 0.2) is 0 Å². The molecule has 1 aliphatic carbocycles. The van der Waals surface area contributed by atoms with Crippen molar-refractivity contribution >= 4 is 6.09 Å². The molecular formula is C18H34N2O4. The van der Waals surface area contributed by atoms with E-state index in [9.17, 15) is 9.90 Å². The Kier molecular flexibility index (Phi) is 5.83. The van der Waals surface area contributed by atoms with E-state index in [0.717, 1.165) is 19.4 Å². The van der Waals surface area contributed by atoms with E-state index in [1.54, 1.807) is 7.11 Å². The van der Waals surface area contributed by atoms with Crippen LogP contribution >= 0.6 is 0 Å². The summed E-state index contributed by atoms with van der Waals surface area (Å²) < 4.78 is 10.6. The van der Waals surface area contributed by atoms with E-state index < -0.39 is 11.7 Å². The van der Waals surface area contributed by atoms with Crippen LogP contribution in [-0.2, 0) is 9.47 Å². The number of methoxy groups -OCH3 is 1. The topological polar surface area (TPSA) is 71.0 Å². The Morgan fingerprint density at radius 3 is 2.67 bits per heavy atom. The van der Waals surface area contributed by atoms with Crippen molar-refractivity contribution in [1.82, 2.24) is 10.2 Å². The fourth-order valence-electron chi connectivity index (χ4n) is 4.40. The summed E-state index contributed by atoms with van der Waals surface area (Å²) in [6, 6.07) is 0.484. The zero-order chi connectivity index (χ0) is 18.1. The Labute approximate surface area is 145 Å². The minimum absolute atomic E-state index is 0.0468. The van der Waals surface area contributed by atoms with Gasteiger partial charge in [-0.3, -0.25) is 0 Å². The molecule has 1 heterocycles. The molecule has 2 N–H and O–H groups in total. The molecule has 2 unspecified atom stereocenters. The second kappa shape index (κ2) is 7.18. The first-order valence-electron chi connectivity index (χ1n) is 8.98. The minimum atomic E-state index is -0.504. The summed E-state index contributed by atoms with van der Waals surface area (Å²) in [4.78, 5) is 14.5. The van der Waals surface area contributed by atoms with Gasteiger partial charge in [0, 0.05) is 37.7 Å². The van der Waals surface area contributed by atoms with Crippen LogP contribution in [0.15, 0.2) is 0 Å². The van der Waals surface area contributed by atoms with Gasteiger partial charge in [-0.15, -0.1) is 0 Å². The maximum Gasteiger partial charge on any atom is 0.410 e. The summed E-state index contributed by atoms with van der Waals surface area (Å²) in [5.74, 6) is 0.413. The second-order valence-electron chi connectivity index (χ2n) is 8.74. The third kappa shape index (κ3) is 4.03. The van der Waals surface area contributed by atoms with Gasteiger partial charge < -0.3 is 24.8 Å². The lowest BCUT2D eigenvalue weighted by Gasteiger charge is -2.64. The summed E-state index contributed by atoms with van der Waals surface area (Å²) >= 11 is 0. The number of carbonyl (C=O) groups is 1. The van der Waals surface area contributed by atoms with Crippen molar-refractivity contribution in [2.24, 2.45) is 11.3 Å². The molecule has 1 amide bonds. The maximum absolute atomic E-state index is 12.6. The number of rotatable bonds is 5. The first-order valence-corrected chi connectivity index (χ1v) is 8.98. The van der Waals surface area contributed by atoms with E-state index in [1.165, 1.54) is 0 Å². The molecule has 0 aromatic rings. The summed E-state index contributed by atoms with van der Waals surface area (Å²) in [6.07, 6.45) is 1.39. The third-order valence-electron chi connectivity index (χ3n) is 5.23. The predicted octanol–water partition coefficient (Wildman–Crippen LogP) is 2.01. The molecule has 2 fully saturated rings. The van der Waals surface area contributed by atoms with Crippen molar-refractivity contribution in [3.05, 3.63) is 0 Å². The van der Waals surface area contributed by atoms with Crippen molar-refractivity contribution in [3.63, 3.8) is 0 Å². The quantitative estimate of drug-likeness (QED) is 0.800. The molecule has 1 saturated carbocycles. The highest BCUT2D eigenvalue weighted by atomic mass is 16.6. The molecule has 0 aromatic heterocycles. The number of ether oxygens (including phenoxy) is 2. The van der Waals surface area contributed by atoms with Crippen LogP contribution in [0.1, 0.15) is 47.5 Å². The molecular weight excluding hydrogens is 308 g/mol. The lowest BCUT2D eigenvalue weighted by molar-refractivity contribution is -0.121. The predicted molar refractivity (Wildman–Crippen MR) is 92.9 cm³/mol. The fourth-order valence-corrected chi connectivity index (χ4v) is 4.40. The zero-order valence-corrected chi connectivity index (χ0v) is 16.0. The molecule has 6 heteroatoms. The first-order chi connectivity index (χ1) is 11.1. The average Bonchev–Trinajstić information content (AvgIpc) is 2.45. The van der Waals surface area contributed by atoms with E-state index in [1.807, 2.05) is 25.7 Å². The molecule has 0 aromatic carbocycles. The van der Waals surface area contributed by atoms with Gasteiger partial charge in [-0.2, -0.15) is 0 Å². The van der Waals surface area contributed by atoms with Gasteiger partial charge in [0.1, 0.15) is 5.60 Å². The van der Waals surface area contributed by atoms with Crippen LogP contribution in [0.2, 0.25) is 0 Å². The number of fused-ring (bicyclic) bond motifs is 1. The van der Waals surface area contributed by atoms with Crippen molar-refractivity contribution in [2.75, 3.05) is 26.8 Å². The Morgan fingerprint density at radius 2 is 2.08 bits per heavy atom.